The molecule has 3 nitrogen and oxygen atoms in total. The molecule has 0 aliphatic carbocycles. The fraction of sp³-hybridized carbons (Fsp3) is 0.273. The van der Waals surface area contributed by atoms with Gasteiger partial charge in [0.2, 0.25) is 0 Å². The zero-order valence-corrected chi connectivity index (χ0v) is 12.3. The molecule has 0 unspecified atom stereocenters. The van der Waals surface area contributed by atoms with E-state index in [9.17, 15) is 0 Å². The number of nitrogens with one attached hydrogen (secondary N) is 1. The summed E-state index contributed by atoms with van der Waals surface area (Å²) in [6.07, 6.45) is 3.96. The molecule has 0 bridgehead atoms. The SMILES string of the molecule is COc1ccc(C(=S)NN=C(SC)SC)cc1. The van der Waals surface area contributed by atoms with E-state index in [1.54, 1.807) is 30.6 Å². The van der Waals surface area contributed by atoms with E-state index in [0.29, 0.717) is 4.99 Å². The molecule has 0 saturated carbocycles. The van der Waals surface area contributed by atoms with Crippen molar-refractivity contribution in [3.05, 3.63) is 29.8 Å². The van der Waals surface area contributed by atoms with E-state index in [4.69, 9.17) is 17.0 Å². The van der Waals surface area contributed by atoms with Crippen molar-refractivity contribution in [2.24, 2.45) is 5.10 Å². The van der Waals surface area contributed by atoms with Crippen molar-refractivity contribution in [1.29, 1.82) is 0 Å². The topological polar surface area (TPSA) is 33.6 Å². The first kappa shape index (κ1) is 14.3. The summed E-state index contributed by atoms with van der Waals surface area (Å²) in [5.41, 5.74) is 3.80. The van der Waals surface area contributed by atoms with Crippen LogP contribution in [0.1, 0.15) is 5.56 Å². The maximum absolute atomic E-state index is 5.24. The molecular weight excluding hydrogens is 272 g/mol. The monoisotopic (exact) mass is 286 g/mol. The van der Waals surface area contributed by atoms with Crippen molar-refractivity contribution < 1.29 is 4.74 Å². The Balaban J connectivity index is 2.66. The fourth-order valence-electron chi connectivity index (χ4n) is 1.08. The molecule has 6 heteroatoms. The van der Waals surface area contributed by atoms with E-state index in [1.165, 1.54) is 0 Å². The Morgan fingerprint density at radius 1 is 1.24 bits per heavy atom. The molecule has 0 amide bonds. The van der Waals surface area contributed by atoms with Gasteiger partial charge in [-0.25, -0.2) is 0 Å². The Morgan fingerprint density at radius 2 is 1.82 bits per heavy atom. The molecule has 0 aliphatic rings. The summed E-state index contributed by atoms with van der Waals surface area (Å²) in [6, 6.07) is 7.55. The van der Waals surface area contributed by atoms with Crippen molar-refractivity contribution in [3.63, 3.8) is 0 Å². The molecule has 1 aromatic rings. The number of methoxy groups -OCH3 is 1. The van der Waals surface area contributed by atoms with Crippen molar-refractivity contribution in [3.8, 4) is 5.75 Å². The Kier molecular flexibility index (Phi) is 6.39. The van der Waals surface area contributed by atoms with Gasteiger partial charge < -0.3 is 4.74 Å². The zero-order chi connectivity index (χ0) is 12.7. The van der Waals surface area contributed by atoms with Gasteiger partial charge in [-0.1, -0.05) is 12.2 Å². The molecule has 0 heterocycles. The van der Waals surface area contributed by atoms with Crippen LogP contribution >= 0.6 is 35.7 Å². The highest BCUT2D eigenvalue weighted by Crippen LogP contribution is 2.12. The molecule has 92 valence electrons. The van der Waals surface area contributed by atoms with E-state index in [-0.39, 0.29) is 0 Å². The van der Waals surface area contributed by atoms with E-state index in [0.717, 1.165) is 15.7 Å². The van der Waals surface area contributed by atoms with Gasteiger partial charge in [-0.15, -0.1) is 23.5 Å². The molecule has 0 aromatic heterocycles. The third-order valence-electron chi connectivity index (χ3n) is 1.95. The van der Waals surface area contributed by atoms with Gasteiger partial charge in [-0.2, -0.15) is 5.10 Å². The second kappa shape index (κ2) is 7.58. The Morgan fingerprint density at radius 3 is 2.29 bits per heavy atom. The van der Waals surface area contributed by atoms with Gasteiger partial charge >= 0.3 is 0 Å². The summed E-state index contributed by atoms with van der Waals surface area (Å²) < 4.78 is 6.03. The van der Waals surface area contributed by atoms with Crippen molar-refractivity contribution in [2.45, 2.75) is 0 Å². The number of nitrogens with zero attached hydrogens (tertiary/aromatic N) is 1. The average Bonchev–Trinajstić information content (AvgIpc) is 2.39. The molecule has 17 heavy (non-hydrogen) atoms. The molecular formula is C11H14N2OS3. The van der Waals surface area contributed by atoms with Crippen LogP contribution in [0.2, 0.25) is 0 Å². The lowest BCUT2D eigenvalue weighted by Gasteiger charge is -2.05. The molecule has 0 spiro atoms. The largest absolute Gasteiger partial charge is 0.497 e. The molecule has 0 fully saturated rings. The minimum atomic E-state index is 0.605. The zero-order valence-electron chi connectivity index (χ0n) is 9.89. The van der Waals surface area contributed by atoms with E-state index in [2.05, 4.69) is 10.5 Å². The Hall–Kier alpha value is -0.720. The lowest BCUT2D eigenvalue weighted by Crippen LogP contribution is -2.17. The number of hydrogen-bond acceptors (Lipinski definition) is 5. The second-order valence-electron chi connectivity index (χ2n) is 2.96. The highest BCUT2D eigenvalue weighted by atomic mass is 32.2. The van der Waals surface area contributed by atoms with Crippen LogP contribution in [0.3, 0.4) is 0 Å². The molecule has 0 saturated heterocycles. The number of ether oxygens (including phenoxy) is 1. The summed E-state index contributed by atoms with van der Waals surface area (Å²) in [5, 5.41) is 4.20. The number of benzene rings is 1. The number of rotatable bonds is 3. The maximum atomic E-state index is 5.24. The van der Waals surface area contributed by atoms with Crippen LogP contribution in [-0.2, 0) is 0 Å². The Bertz CT molecular complexity index is 398. The summed E-state index contributed by atoms with van der Waals surface area (Å²) in [6.45, 7) is 0. The smallest absolute Gasteiger partial charge is 0.149 e. The van der Waals surface area contributed by atoms with Crippen LogP contribution < -0.4 is 10.2 Å². The highest BCUT2D eigenvalue weighted by Gasteiger charge is 2.01. The second-order valence-corrected chi connectivity index (χ2v) is 5.21. The summed E-state index contributed by atoms with van der Waals surface area (Å²) >= 11 is 8.40. The molecule has 1 rings (SSSR count). The maximum Gasteiger partial charge on any atom is 0.149 e. The van der Waals surface area contributed by atoms with E-state index >= 15 is 0 Å². The number of hydrazone groups is 1. The minimum absolute atomic E-state index is 0.605. The highest BCUT2D eigenvalue weighted by molar-refractivity contribution is 8.38. The lowest BCUT2D eigenvalue weighted by molar-refractivity contribution is 0.415. The van der Waals surface area contributed by atoms with Gasteiger partial charge in [0.05, 0.1) is 7.11 Å². The standard InChI is InChI=1S/C11H14N2OS3/c1-14-9-6-4-8(5-7-9)10(15)12-13-11(16-2)17-3/h4-7H,1-3H3,(H,12,15). The van der Waals surface area contributed by atoms with Crippen LogP contribution in [0.5, 0.6) is 5.75 Å². The minimum Gasteiger partial charge on any atom is -0.497 e. The van der Waals surface area contributed by atoms with Crippen molar-refractivity contribution in [1.82, 2.24) is 5.43 Å². The Labute approximate surface area is 115 Å². The predicted molar refractivity (Wildman–Crippen MR) is 82.3 cm³/mol. The molecule has 0 aliphatic heterocycles. The predicted octanol–water partition coefficient (Wildman–Crippen LogP) is 2.96. The first-order valence-electron chi connectivity index (χ1n) is 4.81. The van der Waals surface area contributed by atoms with Crippen LogP contribution in [0.25, 0.3) is 0 Å². The molecule has 1 aromatic carbocycles. The third-order valence-corrected chi connectivity index (χ3v) is 4.16. The van der Waals surface area contributed by atoms with E-state index in [1.807, 2.05) is 36.8 Å². The normalized spacial score (nSPS) is 9.59. The summed E-state index contributed by atoms with van der Waals surface area (Å²) in [4.78, 5) is 0.605. The van der Waals surface area contributed by atoms with Crippen LogP contribution in [0.4, 0.5) is 0 Å². The van der Waals surface area contributed by atoms with Crippen molar-refractivity contribution in [2.75, 3.05) is 19.6 Å². The number of thiocarbonyl (C=S) groups is 1. The van der Waals surface area contributed by atoms with Gasteiger partial charge in [0, 0.05) is 5.56 Å². The number of thioether (sulfide) groups is 2. The van der Waals surface area contributed by atoms with Crippen LogP contribution in [0.15, 0.2) is 29.4 Å². The van der Waals surface area contributed by atoms with Crippen molar-refractivity contribution >= 4 is 45.1 Å². The van der Waals surface area contributed by atoms with Crippen LogP contribution in [-0.4, -0.2) is 29.0 Å². The summed E-state index contributed by atoms with van der Waals surface area (Å²) in [7, 11) is 1.64. The summed E-state index contributed by atoms with van der Waals surface area (Å²) in [5.74, 6) is 0.814. The van der Waals surface area contributed by atoms with Crippen LogP contribution in [0, 0.1) is 0 Å². The average molecular weight is 286 g/mol. The molecule has 0 radical (unpaired) electrons. The van der Waals surface area contributed by atoms with Gasteiger partial charge in [-0.05, 0) is 36.8 Å². The van der Waals surface area contributed by atoms with Gasteiger partial charge in [0.25, 0.3) is 0 Å². The first-order valence-corrected chi connectivity index (χ1v) is 7.67. The lowest BCUT2D eigenvalue weighted by atomic mass is 10.2. The third kappa shape index (κ3) is 4.57. The van der Waals surface area contributed by atoms with Gasteiger partial charge in [0.1, 0.15) is 15.1 Å². The molecule has 0 atom stereocenters. The number of hydrogen-bond donors (Lipinski definition) is 1. The quantitative estimate of drug-likeness (QED) is 0.400. The first-order chi connectivity index (χ1) is 8.21. The fourth-order valence-corrected chi connectivity index (χ4v) is 2.20. The van der Waals surface area contributed by atoms with Gasteiger partial charge in [0.15, 0.2) is 0 Å². The molecule has 1 N–H and O–H groups in total. The van der Waals surface area contributed by atoms with Gasteiger partial charge in [-0.3, -0.25) is 5.43 Å². The van der Waals surface area contributed by atoms with E-state index < -0.39 is 0 Å².